The molecule has 2 aromatic carbocycles. The number of benzene rings is 2. The Bertz CT molecular complexity index is 1710. The number of esters is 1. The predicted octanol–water partition coefficient (Wildman–Crippen LogP) is 4.38. The Morgan fingerprint density at radius 2 is 1.77 bits per heavy atom. The highest BCUT2D eigenvalue weighted by atomic mass is 32.1. The Hall–Kier alpha value is -4.37. The minimum atomic E-state index is -0.749. The summed E-state index contributed by atoms with van der Waals surface area (Å²) in [6.07, 6.45) is 1.73. The molecule has 1 aliphatic rings. The van der Waals surface area contributed by atoms with Crippen molar-refractivity contribution in [1.82, 2.24) is 4.57 Å². The minimum Gasteiger partial charge on any atom is -0.497 e. The smallest absolute Gasteiger partial charge is 0.338 e. The van der Waals surface area contributed by atoms with Crippen molar-refractivity contribution in [1.29, 1.82) is 0 Å². The SMILES string of the molecule is CCOC(=O)C1=C(c2ccccc2)N=c2s/c(=C\c3ccc(N(CC)CC)o3)c(=O)n2[C@H]1c1ccc(OC)cc1. The molecule has 0 aliphatic carbocycles. The van der Waals surface area contributed by atoms with Crippen LogP contribution in [0.3, 0.4) is 0 Å². The summed E-state index contributed by atoms with van der Waals surface area (Å²) in [5, 5.41) is 0. The highest BCUT2D eigenvalue weighted by Crippen LogP contribution is 2.35. The highest BCUT2D eigenvalue weighted by Gasteiger charge is 2.35. The molecular weight excluding hydrogens is 526 g/mol. The Morgan fingerprint density at radius 3 is 2.42 bits per heavy atom. The van der Waals surface area contributed by atoms with Gasteiger partial charge >= 0.3 is 5.97 Å². The Kier molecular flexibility index (Phi) is 8.02. The minimum absolute atomic E-state index is 0.192. The molecule has 0 amide bonds. The average molecular weight is 558 g/mol. The van der Waals surface area contributed by atoms with Crippen molar-refractivity contribution in [2.24, 2.45) is 4.99 Å². The van der Waals surface area contributed by atoms with E-state index in [9.17, 15) is 9.59 Å². The molecule has 9 heteroatoms. The van der Waals surface area contributed by atoms with Crippen LogP contribution in [0.25, 0.3) is 11.8 Å². The first-order valence-electron chi connectivity index (χ1n) is 13.3. The third-order valence-corrected chi connectivity index (χ3v) is 7.75. The lowest BCUT2D eigenvalue weighted by Gasteiger charge is -2.26. The molecule has 1 atom stereocenters. The molecule has 0 saturated carbocycles. The molecule has 0 unspecified atom stereocenters. The monoisotopic (exact) mass is 557 g/mol. The van der Waals surface area contributed by atoms with E-state index in [1.165, 1.54) is 11.3 Å². The van der Waals surface area contributed by atoms with Gasteiger partial charge in [0.1, 0.15) is 11.5 Å². The van der Waals surface area contributed by atoms with E-state index in [1.807, 2.05) is 66.7 Å². The van der Waals surface area contributed by atoms with Gasteiger partial charge in [-0.3, -0.25) is 9.36 Å². The molecule has 4 aromatic rings. The quantitative estimate of drug-likeness (QED) is 0.284. The third kappa shape index (κ3) is 5.12. The number of thiazole rings is 1. The number of fused-ring (bicyclic) bond motifs is 1. The van der Waals surface area contributed by atoms with Gasteiger partial charge in [-0.05, 0) is 44.5 Å². The number of furan rings is 1. The maximum absolute atomic E-state index is 14.0. The summed E-state index contributed by atoms with van der Waals surface area (Å²) in [4.78, 5) is 35.0. The zero-order valence-electron chi connectivity index (χ0n) is 22.9. The lowest BCUT2D eigenvalue weighted by atomic mass is 9.93. The Labute approximate surface area is 236 Å². The molecular formula is C31H31N3O5S. The van der Waals surface area contributed by atoms with Crippen molar-refractivity contribution in [2.45, 2.75) is 26.8 Å². The predicted molar refractivity (Wildman–Crippen MR) is 156 cm³/mol. The van der Waals surface area contributed by atoms with Crippen molar-refractivity contribution in [3.63, 3.8) is 0 Å². The molecule has 0 fully saturated rings. The Balaban J connectivity index is 1.75. The molecule has 0 radical (unpaired) electrons. The van der Waals surface area contributed by atoms with Crippen LogP contribution in [0.15, 0.2) is 86.5 Å². The van der Waals surface area contributed by atoms with Gasteiger partial charge in [0.25, 0.3) is 5.56 Å². The third-order valence-electron chi connectivity index (χ3n) is 6.77. The molecule has 0 bridgehead atoms. The summed E-state index contributed by atoms with van der Waals surface area (Å²) in [6.45, 7) is 7.70. The van der Waals surface area contributed by atoms with E-state index in [1.54, 1.807) is 24.7 Å². The average Bonchev–Trinajstić information content (AvgIpc) is 3.57. The van der Waals surface area contributed by atoms with Crippen LogP contribution >= 0.6 is 11.3 Å². The van der Waals surface area contributed by atoms with Gasteiger partial charge < -0.3 is 18.8 Å². The van der Waals surface area contributed by atoms with Gasteiger partial charge in [0.2, 0.25) is 0 Å². The van der Waals surface area contributed by atoms with Gasteiger partial charge in [-0.2, -0.15) is 0 Å². The molecule has 8 nitrogen and oxygen atoms in total. The summed E-state index contributed by atoms with van der Waals surface area (Å²) < 4.78 is 18.9. The van der Waals surface area contributed by atoms with Crippen LogP contribution in [0.5, 0.6) is 5.75 Å². The van der Waals surface area contributed by atoms with Gasteiger partial charge in [-0.15, -0.1) is 0 Å². The van der Waals surface area contributed by atoms with E-state index in [-0.39, 0.29) is 12.2 Å². The van der Waals surface area contributed by atoms with Crippen molar-refractivity contribution in [3.05, 3.63) is 109 Å². The first-order valence-corrected chi connectivity index (χ1v) is 14.1. The largest absolute Gasteiger partial charge is 0.497 e. The van der Waals surface area contributed by atoms with Crippen molar-refractivity contribution >= 4 is 35.0 Å². The van der Waals surface area contributed by atoms with E-state index >= 15 is 0 Å². The van der Waals surface area contributed by atoms with E-state index < -0.39 is 12.0 Å². The van der Waals surface area contributed by atoms with E-state index in [0.717, 1.165) is 30.1 Å². The van der Waals surface area contributed by atoms with E-state index in [0.29, 0.717) is 32.1 Å². The molecule has 0 N–H and O–H groups in total. The summed E-state index contributed by atoms with van der Waals surface area (Å²) in [7, 11) is 1.59. The fourth-order valence-corrected chi connectivity index (χ4v) is 5.78. The van der Waals surface area contributed by atoms with E-state index in [4.69, 9.17) is 18.9 Å². The van der Waals surface area contributed by atoms with Gasteiger partial charge in [0, 0.05) is 30.8 Å². The molecule has 5 rings (SSSR count). The number of carbonyl (C=O) groups excluding carboxylic acids is 1. The topological polar surface area (TPSA) is 86.3 Å². The second-order valence-electron chi connectivity index (χ2n) is 9.05. The van der Waals surface area contributed by atoms with Crippen molar-refractivity contribution in [3.8, 4) is 5.75 Å². The number of rotatable bonds is 9. The van der Waals surface area contributed by atoms with Gasteiger partial charge in [-0.25, -0.2) is 9.79 Å². The number of hydrogen-bond acceptors (Lipinski definition) is 8. The lowest BCUT2D eigenvalue weighted by molar-refractivity contribution is -0.138. The fourth-order valence-electron chi connectivity index (χ4n) is 4.80. The molecule has 40 heavy (non-hydrogen) atoms. The number of methoxy groups -OCH3 is 1. The summed E-state index contributed by atoms with van der Waals surface area (Å²) in [6, 6.07) is 19.8. The van der Waals surface area contributed by atoms with Gasteiger partial charge in [-0.1, -0.05) is 53.8 Å². The maximum atomic E-state index is 14.0. The second-order valence-corrected chi connectivity index (χ2v) is 10.1. The second kappa shape index (κ2) is 11.8. The standard InChI is InChI=1S/C31H31N3O5S/c1-5-33(6-2)25-18-17-23(39-25)19-24-29(35)34-28(21-13-15-22(37-4)16-14-21)26(30(36)38-7-3)27(32-31(34)40-24)20-11-9-8-10-12-20/h8-19,28H,5-7H2,1-4H3/b24-19-/t28-/m0/s1. The van der Waals surface area contributed by atoms with Crippen LogP contribution in [0.2, 0.25) is 0 Å². The summed E-state index contributed by atoms with van der Waals surface area (Å²) >= 11 is 1.26. The highest BCUT2D eigenvalue weighted by molar-refractivity contribution is 7.07. The normalized spacial score (nSPS) is 15.0. The van der Waals surface area contributed by atoms with Crippen LogP contribution in [0.1, 0.15) is 43.7 Å². The first kappa shape index (κ1) is 27.2. The number of hydrogen-bond donors (Lipinski definition) is 0. The van der Waals surface area contributed by atoms with Crippen LogP contribution in [0.4, 0.5) is 5.88 Å². The molecule has 1 aliphatic heterocycles. The molecule has 206 valence electrons. The molecule has 0 spiro atoms. The van der Waals surface area contributed by atoms with E-state index in [2.05, 4.69) is 18.7 Å². The van der Waals surface area contributed by atoms with Gasteiger partial charge in [0.15, 0.2) is 10.7 Å². The van der Waals surface area contributed by atoms with Crippen molar-refractivity contribution < 1.29 is 18.7 Å². The Morgan fingerprint density at radius 1 is 1.05 bits per heavy atom. The number of ether oxygens (including phenoxy) is 2. The fraction of sp³-hybridized carbons (Fsp3) is 0.258. The van der Waals surface area contributed by atoms with Crippen LogP contribution < -0.4 is 24.5 Å². The summed E-state index contributed by atoms with van der Waals surface area (Å²) in [5.74, 6) is 1.47. The van der Waals surface area contributed by atoms with Crippen LogP contribution in [0, 0.1) is 0 Å². The van der Waals surface area contributed by atoms with Crippen molar-refractivity contribution in [2.75, 3.05) is 31.7 Å². The zero-order chi connectivity index (χ0) is 28.2. The van der Waals surface area contributed by atoms with Crippen LogP contribution in [-0.2, 0) is 9.53 Å². The molecule has 0 saturated heterocycles. The maximum Gasteiger partial charge on any atom is 0.338 e. The first-order chi connectivity index (χ1) is 19.5. The number of aromatic nitrogens is 1. The van der Waals surface area contributed by atoms with Crippen LogP contribution in [-0.4, -0.2) is 37.3 Å². The number of nitrogens with zero attached hydrogens (tertiary/aromatic N) is 3. The number of anilines is 1. The number of carbonyl (C=O) groups is 1. The zero-order valence-corrected chi connectivity index (χ0v) is 23.7. The molecule has 2 aromatic heterocycles. The summed E-state index contributed by atoms with van der Waals surface area (Å²) in [5.41, 5.74) is 2.02. The lowest BCUT2D eigenvalue weighted by Crippen LogP contribution is -2.40. The van der Waals surface area contributed by atoms with Gasteiger partial charge in [0.05, 0.1) is 35.6 Å². The molecule has 3 heterocycles.